The molecule has 1 atom stereocenters. The van der Waals surface area contributed by atoms with Crippen LogP contribution >= 0.6 is 35.0 Å². The molecule has 4 nitrogen and oxygen atoms in total. The predicted molar refractivity (Wildman–Crippen MR) is 91.6 cm³/mol. The van der Waals surface area contributed by atoms with E-state index in [-0.39, 0.29) is 21.5 Å². The number of benzene rings is 1. The number of thioether (sulfide) groups is 1. The van der Waals surface area contributed by atoms with E-state index in [1.54, 1.807) is 0 Å². The van der Waals surface area contributed by atoms with Gasteiger partial charge in [0.2, 0.25) is 5.91 Å². The number of nitrogens with zero attached hydrogens (tertiary/aromatic N) is 1. The molecule has 0 spiro atoms. The zero-order valence-electron chi connectivity index (χ0n) is 13.0. The molecular weight excluding hydrogens is 362 g/mol. The molecule has 1 saturated heterocycles. The van der Waals surface area contributed by atoms with Crippen LogP contribution in [0.2, 0.25) is 10.0 Å². The lowest BCUT2D eigenvalue weighted by Crippen LogP contribution is -2.52. The minimum absolute atomic E-state index is 0.00428. The molecule has 126 valence electrons. The first-order valence-electron chi connectivity index (χ1n) is 6.95. The van der Waals surface area contributed by atoms with Crippen LogP contribution in [0.1, 0.15) is 31.1 Å². The molecule has 1 N–H and O–H groups in total. The fourth-order valence-corrected chi connectivity index (χ4v) is 3.77. The lowest BCUT2D eigenvalue weighted by Gasteiger charge is -2.28. The van der Waals surface area contributed by atoms with Gasteiger partial charge in [0, 0.05) is 11.3 Å². The highest BCUT2D eigenvalue weighted by atomic mass is 35.5. The Morgan fingerprint density at radius 2 is 1.96 bits per heavy atom. The van der Waals surface area contributed by atoms with Gasteiger partial charge in [0.25, 0.3) is 5.91 Å². The summed E-state index contributed by atoms with van der Waals surface area (Å²) in [5.74, 6) is -0.601. The number of rotatable bonds is 2. The van der Waals surface area contributed by atoms with Crippen LogP contribution in [-0.4, -0.2) is 39.9 Å². The summed E-state index contributed by atoms with van der Waals surface area (Å²) < 4.78 is 13.6. The lowest BCUT2D eigenvalue weighted by atomic mass is 10.1. The van der Waals surface area contributed by atoms with Crippen molar-refractivity contribution in [1.29, 1.82) is 0 Å². The van der Waals surface area contributed by atoms with E-state index < -0.39 is 23.3 Å². The molecule has 2 rings (SSSR count). The SMILES string of the molecule is CC(C)(C)NC(=O)C1CSCN1C(=O)c1cc(F)c(Cl)cc1Cl. The molecular formula is C15H17Cl2FN2O2S. The first kappa shape index (κ1) is 18.4. The number of hydrogen-bond acceptors (Lipinski definition) is 3. The van der Waals surface area contributed by atoms with Gasteiger partial charge in [-0.05, 0) is 32.9 Å². The first-order chi connectivity index (χ1) is 10.6. The summed E-state index contributed by atoms with van der Waals surface area (Å²) in [5.41, 5.74) is -0.395. The number of amides is 2. The third-order valence-corrected chi connectivity index (χ3v) is 4.80. The molecule has 23 heavy (non-hydrogen) atoms. The summed E-state index contributed by atoms with van der Waals surface area (Å²) in [6.45, 7) is 5.60. The summed E-state index contributed by atoms with van der Waals surface area (Å²) in [5, 5.41) is 2.77. The van der Waals surface area contributed by atoms with Crippen LogP contribution in [0.3, 0.4) is 0 Å². The van der Waals surface area contributed by atoms with Gasteiger partial charge >= 0.3 is 0 Å². The van der Waals surface area contributed by atoms with Crippen LogP contribution in [0.5, 0.6) is 0 Å². The Morgan fingerprint density at radius 3 is 2.57 bits per heavy atom. The van der Waals surface area contributed by atoms with Crippen molar-refractivity contribution in [3.8, 4) is 0 Å². The average molecular weight is 379 g/mol. The van der Waals surface area contributed by atoms with Gasteiger partial charge in [0.05, 0.1) is 21.5 Å². The lowest BCUT2D eigenvalue weighted by molar-refractivity contribution is -0.125. The number of carbonyl (C=O) groups excluding carboxylic acids is 2. The molecule has 1 aromatic rings. The highest BCUT2D eigenvalue weighted by Gasteiger charge is 2.37. The third kappa shape index (κ3) is 4.31. The van der Waals surface area contributed by atoms with Gasteiger partial charge in [-0.25, -0.2) is 4.39 Å². The zero-order chi connectivity index (χ0) is 17.4. The number of hydrogen-bond donors (Lipinski definition) is 1. The standard InChI is InChI=1S/C15H17Cl2FN2O2S/c1-15(2,3)19-13(21)12-6-23-7-20(12)14(22)8-4-11(18)10(17)5-9(8)16/h4-5,12H,6-7H2,1-3H3,(H,19,21). The van der Waals surface area contributed by atoms with E-state index >= 15 is 0 Å². The summed E-state index contributed by atoms with van der Waals surface area (Å²) in [6.07, 6.45) is 0. The second-order valence-electron chi connectivity index (χ2n) is 6.28. The van der Waals surface area contributed by atoms with Crippen molar-refractivity contribution in [2.75, 3.05) is 11.6 Å². The van der Waals surface area contributed by atoms with Gasteiger partial charge in [0.15, 0.2) is 0 Å². The number of nitrogens with one attached hydrogen (secondary N) is 1. The summed E-state index contributed by atoms with van der Waals surface area (Å²) in [4.78, 5) is 26.4. The molecule has 2 amide bonds. The second-order valence-corrected chi connectivity index (χ2v) is 8.09. The van der Waals surface area contributed by atoms with E-state index in [0.717, 1.165) is 6.07 Å². The summed E-state index contributed by atoms with van der Waals surface area (Å²) in [6, 6.07) is 1.59. The monoisotopic (exact) mass is 378 g/mol. The van der Waals surface area contributed by atoms with Crippen molar-refractivity contribution in [2.45, 2.75) is 32.4 Å². The zero-order valence-corrected chi connectivity index (χ0v) is 15.3. The van der Waals surface area contributed by atoms with E-state index in [4.69, 9.17) is 23.2 Å². The average Bonchev–Trinajstić information content (AvgIpc) is 2.89. The fourth-order valence-electron chi connectivity index (χ4n) is 2.15. The molecule has 0 aromatic heterocycles. The molecule has 1 unspecified atom stereocenters. The van der Waals surface area contributed by atoms with Crippen molar-refractivity contribution in [2.24, 2.45) is 0 Å². The minimum Gasteiger partial charge on any atom is -0.350 e. The van der Waals surface area contributed by atoms with Crippen molar-refractivity contribution in [3.63, 3.8) is 0 Å². The van der Waals surface area contributed by atoms with E-state index in [1.165, 1.54) is 22.7 Å². The molecule has 1 aliphatic rings. The van der Waals surface area contributed by atoms with Crippen molar-refractivity contribution in [3.05, 3.63) is 33.6 Å². The molecule has 1 fully saturated rings. The van der Waals surface area contributed by atoms with Crippen LogP contribution in [0.25, 0.3) is 0 Å². The molecule has 1 aromatic carbocycles. The maximum atomic E-state index is 13.6. The summed E-state index contributed by atoms with van der Waals surface area (Å²) in [7, 11) is 0. The fraction of sp³-hybridized carbons (Fsp3) is 0.467. The van der Waals surface area contributed by atoms with E-state index in [1.807, 2.05) is 20.8 Å². The van der Waals surface area contributed by atoms with Gasteiger partial charge in [-0.15, -0.1) is 11.8 Å². The van der Waals surface area contributed by atoms with Gasteiger partial charge in [-0.1, -0.05) is 23.2 Å². The number of halogens is 3. The largest absolute Gasteiger partial charge is 0.350 e. The van der Waals surface area contributed by atoms with Gasteiger partial charge in [-0.2, -0.15) is 0 Å². The van der Waals surface area contributed by atoms with E-state index in [2.05, 4.69) is 5.32 Å². The molecule has 0 saturated carbocycles. The molecule has 1 heterocycles. The molecule has 0 bridgehead atoms. The Labute approximate surface area is 148 Å². The Balaban J connectivity index is 2.25. The maximum Gasteiger partial charge on any atom is 0.256 e. The topological polar surface area (TPSA) is 49.4 Å². The van der Waals surface area contributed by atoms with E-state index in [0.29, 0.717) is 11.6 Å². The van der Waals surface area contributed by atoms with Crippen LogP contribution in [0, 0.1) is 5.82 Å². The Hall–Kier alpha value is -0.980. The summed E-state index contributed by atoms with van der Waals surface area (Å²) >= 11 is 13.1. The minimum atomic E-state index is -0.720. The molecule has 0 radical (unpaired) electrons. The number of carbonyl (C=O) groups is 2. The Bertz CT molecular complexity index is 649. The predicted octanol–water partition coefficient (Wildman–Crippen LogP) is 3.56. The Morgan fingerprint density at radius 1 is 1.30 bits per heavy atom. The van der Waals surface area contributed by atoms with Crippen molar-refractivity contribution < 1.29 is 14.0 Å². The third-order valence-electron chi connectivity index (χ3n) is 3.18. The van der Waals surface area contributed by atoms with Crippen LogP contribution in [-0.2, 0) is 4.79 Å². The molecule has 8 heteroatoms. The van der Waals surface area contributed by atoms with Crippen LogP contribution < -0.4 is 5.32 Å². The molecule has 1 aliphatic heterocycles. The first-order valence-corrected chi connectivity index (χ1v) is 8.86. The van der Waals surface area contributed by atoms with Gasteiger partial charge in [-0.3, -0.25) is 9.59 Å². The van der Waals surface area contributed by atoms with E-state index in [9.17, 15) is 14.0 Å². The second kappa shape index (κ2) is 6.87. The highest BCUT2D eigenvalue weighted by molar-refractivity contribution is 7.99. The van der Waals surface area contributed by atoms with Crippen molar-refractivity contribution >= 4 is 46.8 Å². The van der Waals surface area contributed by atoms with Gasteiger partial charge in [0.1, 0.15) is 11.9 Å². The maximum absolute atomic E-state index is 13.6. The van der Waals surface area contributed by atoms with Gasteiger partial charge < -0.3 is 10.2 Å². The van der Waals surface area contributed by atoms with Crippen LogP contribution in [0.4, 0.5) is 4.39 Å². The Kier molecular flexibility index (Phi) is 5.48. The normalized spacial score (nSPS) is 18.2. The molecule has 0 aliphatic carbocycles. The quantitative estimate of drug-likeness (QED) is 0.800. The smallest absolute Gasteiger partial charge is 0.256 e. The highest BCUT2D eigenvalue weighted by Crippen LogP contribution is 2.29. The van der Waals surface area contributed by atoms with Crippen LogP contribution in [0.15, 0.2) is 12.1 Å². The van der Waals surface area contributed by atoms with Crippen molar-refractivity contribution in [1.82, 2.24) is 10.2 Å².